The highest BCUT2D eigenvalue weighted by Crippen LogP contribution is 2.24. The van der Waals surface area contributed by atoms with Crippen molar-refractivity contribution in [1.82, 2.24) is 4.98 Å². The van der Waals surface area contributed by atoms with Gasteiger partial charge in [0.25, 0.3) is 5.91 Å². The topological polar surface area (TPSA) is 42.0 Å². The van der Waals surface area contributed by atoms with E-state index in [0.29, 0.717) is 11.2 Å². The minimum Gasteiger partial charge on any atom is -0.320 e. The average Bonchev–Trinajstić information content (AvgIpc) is 2.50. The second-order valence-electron chi connectivity index (χ2n) is 4.44. The Morgan fingerprint density at radius 3 is 2.71 bits per heavy atom. The minimum absolute atomic E-state index is 0.149. The fraction of sp³-hybridized carbons (Fsp3) is 0. The normalized spacial score (nSPS) is 10.6. The predicted octanol–water partition coefficient (Wildman–Crippen LogP) is 4.39. The van der Waals surface area contributed by atoms with Crippen molar-refractivity contribution < 1.29 is 9.18 Å². The zero-order valence-electron chi connectivity index (χ0n) is 10.8. The van der Waals surface area contributed by atoms with Gasteiger partial charge in [0.1, 0.15) is 5.82 Å². The molecule has 1 N–H and O–H groups in total. The molecule has 0 spiro atoms. The van der Waals surface area contributed by atoms with Crippen molar-refractivity contribution in [3.63, 3.8) is 0 Å². The number of para-hydroxylation sites is 1. The van der Waals surface area contributed by atoms with E-state index in [2.05, 4.69) is 26.2 Å². The van der Waals surface area contributed by atoms with Crippen molar-refractivity contribution in [2.45, 2.75) is 0 Å². The standard InChI is InChI=1S/C16H10BrFN2O/c17-14-11(6-2-7-12(14)18)16(21)20-13-8-1-4-10-5-3-9-19-15(10)13/h1-9H,(H,20,21). The van der Waals surface area contributed by atoms with Gasteiger partial charge in [-0.3, -0.25) is 9.78 Å². The molecular formula is C16H10BrFN2O. The Bertz CT molecular complexity index is 830. The highest BCUT2D eigenvalue weighted by atomic mass is 79.9. The van der Waals surface area contributed by atoms with Crippen LogP contribution in [0.25, 0.3) is 10.9 Å². The summed E-state index contributed by atoms with van der Waals surface area (Å²) in [5.74, 6) is -0.863. The van der Waals surface area contributed by atoms with Gasteiger partial charge in [-0.2, -0.15) is 0 Å². The van der Waals surface area contributed by atoms with E-state index < -0.39 is 5.82 Å². The molecule has 0 saturated carbocycles. The monoisotopic (exact) mass is 344 g/mol. The van der Waals surface area contributed by atoms with Crippen LogP contribution in [0.1, 0.15) is 10.4 Å². The Labute approximate surface area is 128 Å². The van der Waals surface area contributed by atoms with Gasteiger partial charge in [-0.05, 0) is 40.2 Å². The lowest BCUT2D eigenvalue weighted by Crippen LogP contribution is -2.13. The van der Waals surface area contributed by atoms with Crippen LogP contribution in [0.15, 0.2) is 59.2 Å². The predicted molar refractivity (Wildman–Crippen MR) is 83.8 cm³/mol. The molecule has 3 nitrogen and oxygen atoms in total. The van der Waals surface area contributed by atoms with Crippen LogP contribution in [0, 0.1) is 5.82 Å². The van der Waals surface area contributed by atoms with E-state index in [-0.39, 0.29) is 15.9 Å². The molecular weight excluding hydrogens is 335 g/mol. The second kappa shape index (κ2) is 5.61. The van der Waals surface area contributed by atoms with E-state index in [1.165, 1.54) is 12.1 Å². The van der Waals surface area contributed by atoms with Gasteiger partial charge < -0.3 is 5.32 Å². The number of anilines is 1. The molecule has 0 aliphatic rings. The maximum absolute atomic E-state index is 13.5. The van der Waals surface area contributed by atoms with Crippen LogP contribution in [-0.2, 0) is 0 Å². The van der Waals surface area contributed by atoms with E-state index in [1.54, 1.807) is 18.3 Å². The van der Waals surface area contributed by atoms with Crippen LogP contribution in [0.2, 0.25) is 0 Å². The van der Waals surface area contributed by atoms with E-state index in [4.69, 9.17) is 0 Å². The molecule has 0 radical (unpaired) electrons. The van der Waals surface area contributed by atoms with Crippen molar-refractivity contribution in [1.29, 1.82) is 0 Å². The summed E-state index contributed by atoms with van der Waals surface area (Å²) in [7, 11) is 0. The van der Waals surface area contributed by atoms with Gasteiger partial charge in [-0.25, -0.2) is 4.39 Å². The van der Waals surface area contributed by atoms with Crippen LogP contribution < -0.4 is 5.32 Å². The first kappa shape index (κ1) is 13.7. The van der Waals surface area contributed by atoms with E-state index >= 15 is 0 Å². The Morgan fingerprint density at radius 1 is 1.10 bits per heavy atom. The number of hydrogen-bond acceptors (Lipinski definition) is 2. The summed E-state index contributed by atoms with van der Waals surface area (Å²) in [6.07, 6.45) is 1.66. The van der Waals surface area contributed by atoms with Crippen molar-refractivity contribution in [3.05, 3.63) is 70.6 Å². The van der Waals surface area contributed by atoms with Gasteiger partial charge in [-0.15, -0.1) is 0 Å². The number of carbonyl (C=O) groups is 1. The molecule has 0 fully saturated rings. The number of fused-ring (bicyclic) bond motifs is 1. The van der Waals surface area contributed by atoms with Crippen LogP contribution in [0.3, 0.4) is 0 Å². The third kappa shape index (κ3) is 2.64. The van der Waals surface area contributed by atoms with E-state index in [1.807, 2.05) is 24.3 Å². The molecule has 0 saturated heterocycles. The van der Waals surface area contributed by atoms with Gasteiger partial charge in [0.2, 0.25) is 0 Å². The van der Waals surface area contributed by atoms with Gasteiger partial charge in [0, 0.05) is 11.6 Å². The fourth-order valence-electron chi connectivity index (χ4n) is 2.07. The summed E-state index contributed by atoms with van der Waals surface area (Å²) in [5, 5.41) is 3.70. The summed E-state index contributed by atoms with van der Waals surface area (Å²) in [5.41, 5.74) is 1.53. The molecule has 3 aromatic rings. The largest absolute Gasteiger partial charge is 0.320 e. The van der Waals surface area contributed by atoms with Gasteiger partial charge >= 0.3 is 0 Å². The minimum atomic E-state index is -0.473. The molecule has 2 aromatic carbocycles. The number of aromatic nitrogens is 1. The van der Waals surface area contributed by atoms with Crippen molar-refractivity contribution in [2.24, 2.45) is 0 Å². The molecule has 104 valence electrons. The summed E-state index contributed by atoms with van der Waals surface area (Å²) < 4.78 is 13.6. The van der Waals surface area contributed by atoms with Crippen molar-refractivity contribution in [2.75, 3.05) is 5.32 Å². The maximum atomic E-state index is 13.5. The first-order chi connectivity index (χ1) is 10.2. The summed E-state index contributed by atoms with van der Waals surface area (Å²) in [6.45, 7) is 0. The van der Waals surface area contributed by atoms with Gasteiger partial charge in [0.05, 0.1) is 21.2 Å². The van der Waals surface area contributed by atoms with Crippen molar-refractivity contribution >= 4 is 38.4 Å². The first-order valence-electron chi connectivity index (χ1n) is 6.26. The molecule has 1 aromatic heterocycles. The smallest absolute Gasteiger partial charge is 0.256 e. The number of halogens is 2. The SMILES string of the molecule is O=C(Nc1cccc2cccnc12)c1cccc(F)c1Br. The average molecular weight is 345 g/mol. The number of nitrogens with zero attached hydrogens (tertiary/aromatic N) is 1. The van der Waals surface area contributed by atoms with E-state index in [9.17, 15) is 9.18 Å². The van der Waals surface area contributed by atoms with E-state index in [0.717, 1.165) is 5.39 Å². The molecule has 0 unspecified atom stereocenters. The summed E-state index contributed by atoms with van der Waals surface area (Å²) in [4.78, 5) is 16.6. The lowest BCUT2D eigenvalue weighted by atomic mass is 10.1. The number of hydrogen-bond donors (Lipinski definition) is 1. The number of carbonyl (C=O) groups excluding carboxylic acids is 1. The Balaban J connectivity index is 1.99. The summed E-state index contributed by atoms with van der Waals surface area (Å²) >= 11 is 3.09. The third-order valence-corrected chi connectivity index (χ3v) is 3.88. The molecule has 1 heterocycles. The molecule has 1 amide bonds. The molecule has 0 atom stereocenters. The molecule has 5 heteroatoms. The molecule has 0 aliphatic heterocycles. The number of rotatable bonds is 2. The lowest BCUT2D eigenvalue weighted by Gasteiger charge is -2.09. The maximum Gasteiger partial charge on any atom is 0.256 e. The highest BCUT2D eigenvalue weighted by molar-refractivity contribution is 9.10. The second-order valence-corrected chi connectivity index (χ2v) is 5.23. The Hall–Kier alpha value is -2.27. The lowest BCUT2D eigenvalue weighted by molar-refractivity contribution is 0.102. The number of benzene rings is 2. The third-order valence-electron chi connectivity index (χ3n) is 3.08. The number of pyridine rings is 1. The zero-order chi connectivity index (χ0) is 14.8. The molecule has 0 aliphatic carbocycles. The molecule has 3 rings (SSSR count). The molecule has 21 heavy (non-hydrogen) atoms. The van der Waals surface area contributed by atoms with Crippen LogP contribution in [-0.4, -0.2) is 10.9 Å². The quantitative estimate of drug-likeness (QED) is 0.749. The zero-order valence-corrected chi connectivity index (χ0v) is 12.4. The van der Waals surface area contributed by atoms with Gasteiger partial charge in [0.15, 0.2) is 0 Å². The fourth-order valence-corrected chi connectivity index (χ4v) is 2.52. The van der Waals surface area contributed by atoms with Gasteiger partial charge in [-0.1, -0.05) is 24.3 Å². The van der Waals surface area contributed by atoms with Crippen LogP contribution >= 0.6 is 15.9 Å². The summed E-state index contributed by atoms with van der Waals surface area (Å²) in [6, 6.07) is 13.6. The molecule has 0 bridgehead atoms. The number of amides is 1. The number of nitrogens with one attached hydrogen (secondary N) is 1. The highest BCUT2D eigenvalue weighted by Gasteiger charge is 2.14. The Kier molecular flexibility index (Phi) is 3.66. The Morgan fingerprint density at radius 2 is 1.86 bits per heavy atom. The van der Waals surface area contributed by atoms with Crippen molar-refractivity contribution in [3.8, 4) is 0 Å². The van der Waals surface area contributed by atoms with Crippen LogP contribution in [0.5, 0.6) is 0 Å². The first-order valence-corrected chi connectivity index (χ1v) is 7.05. The van der Waals surface area contributed by atoms with Crippen LogP contribution in [0.4, 0.5) is 10.1 Å².